The third-order valence-corrected chi connectivity index (χ3v) is 4.22. The van der Waals surface area contributed by atoms with Crippen molar-refractivity contribution >= 4 is 11.3 Å². The molecule has 0 aliphatic heterocycles. The van der Waals surface area contributed by atoms with Gasteiger partial charge in [-0.15, -0.1) is 11.3 Å². The number of aryl methyl sites for hydroxylation is 3. The number of thiophene rings is 1. The molecule has 0 radical (unpaired) electrons. The van der Waals surface area contributed by atoms with Gasteiger partial charge in [-0.05, 0) is 56.3 Å². The molecule has 1 aromatic heterocycles. The summed E-state index contributed by atoms with van der Waals surface area (Å²) >= 11 is 1.83. The van der Waals surface area contributed by atoms with Crippen molar-refractivity contribution in [3.8, 4) is 0 Å². The largest absolute Gasteiger partial charge is 0.313 e. The fraction of sp³-hybridized carbons (Fsp3) is 0.375. The molecule has 1 unspecified atom stereocenters. The van der Waals surface area contributed by atoms with E-state index in [-0.39, 0.29) is 0 Å². The van der Waals surface area contributed by atoms with Crippen LogP contribution in [0.2, 0.25) is 0 Å². The highest BCUT2D eigenvalue weighted by Crippen LogP contribution is 2.24. The van der Waals surface area contributed by atoms with E-state index in [1.807, 2.05) is 18.4 Å². The Morgan fingerprint density at radius 3 is 2.44 bits per heavy atom. The Balaban J connectivity index is 1.97. The van der Waals surface area contributed by atoms with E-state index in [0.717, 1.165) is 12.8 Å². The van der Waals surface area contributed by atoms with Crippen LogP contribution < -0.4 is 5.32 Å². The molecule has 1 N–H and O–H groups in total. The molecule has 0 bridgehead atoms. The number of benzene rings is 1. The molecule has 2 aromatic rings. The summed E-state index contributed by atoms with van der Waals surface area (Å²) in [5.74, 6) is 0. The monoisotopic (exact) mass is 259 g/mol. The predicted molar refractivity (Wildman–Crippen MR) is 80.4 cm³/mol. The van der Waals surface area contributed by atoms with E-state index in [9.17, 15) is 0 Å². The summed E-state index contributed by atoms with van der Waals surface area (Å²) < 4.78 is 0. The van der Waals surface area contributed by atoms with Gasteiger partial charge in [0.15, 0.2) is 0 Å². The molecular weight excluding hydrogens is 238 g/mol. The molecule has 0 amide bonds. The van der Waals surface area contributed by atoms with E-state index in [4.69, 9.17) is 0 Å². The zero-order chi connectivity index (χ0) is 13.0. The molecule has 1 heterocycles. The van der Waals surface area contributed by atoms with Gasteiger partial charge in [0.05, 0.1) is 0 Å². The Bertz CT molecular complexity index is 484. The molecule has 1 nitrogen and oxygen atoms in total. The molecule has 2 heteroatoms. The first-order valence-corrected chi connectivity index (χ1v) is 7.35. The van der Waals surface area contributed by atoms with Gasteiger partial charge < -0.3 is 5.32 Å². The van der Waals surface area contributed by atoms with Gasteiger partial charge in [0.25, 0.3) is 0 Å². The Morgan fingerprint density at radius 2 is 1.89 bits per heavy atom. The van der Waals surface area contributed by atoms with Crippen LogP contribution in [0.5, 0.6) is 0 Å². The second-order valence-electron chi connectivity index (χ2n) is 4.86. The van der Waals surface area contributed by atoms with E-state index in [0.29, 0.717) is 6.04 Å². The molecular formula is C16H21NS. The van der Waals surface area contributed by atoms with Crippen LogP contribution in [0.4, 0.5) is 0 Å². The fourth-order valence-electron chi connectivity index (χ4n) is 2.19. The molecule has 0 spiro atoms. The molecule has 0 aliphatic carbocycles. The second kappa shape index (κ2) is 6.17. The van der Waals surface area contributed by atoms with Gasteiger partial charge in [0, 0.05) is 10.9 Å². The van der Waals surface area contributed by atoms with Crippen molar-refractivity contribution < 1.29 is 0 Å². The van der Waals surface area contributed by atoms with Crippen LogP contribution in [0, 0.1) is 13.8 Å². The summed E-state index contributed by atoms with van der Waals surface area (Å²) in [6.07, 6.45) is 2.27. The zero-order valence-corrected chi connectivity index (χ0v) is 12.2. The van der Waals surface area contributed by atoms with Gasteiger partial charge in [-0.1, -0.05) is 29.8 Å². The Kier molecular flexibility index (Phi) is 4.56. The van der Waals surface area contributed by atoms with Gasteiger partial charge in [0.1, 0.15) is 0 Å². The van der Waals surface area contributed by atoms with Gasteiger partial charge in [0.2, 0.25) is 0 Å². The molecule has 0 aliphatic rings. The van der Waals surface area contributed by atoms with Gasteiger partial charge in [-0.2, -0.15) is 0 Å². The van der Waals surface area contributed by atoms with Crippen LogP contribution in [-0.2, 0) is 6.42 Å². The lowest BCUT2D eigenvalue weighted by molar-refractivity contribution is 0.550. The van der Waals surface area contributed by atoms with Gasteiger partial charge >= 0.3 is 0 Å². The lowest BCUT2D eigenvalue weighted by atomic mass is 10.0. The summed E-state index contributed by atoms with van der Waals surface area (Å²) in [4.78, 5) is 1.39. The third-order valence-electron chi connectivity index (χ3n) is 3.34. The Morgan fingerprint density at radius 1 is 1.17 bits per heavy atom. The van der Waals surface area contributed by atoms with E-state index in [2.05, 4.69) is 54.9 Å². The Labute approximate surface area is 114 Å². The number of nitrogens with one attached hydrogen (secondary N) is 1. The topological polar surface area (TPSA) is 12.0 Å². The van der Waals surface area contributed by atoms with Crippen molar-refractivity contribution in [2.45, 2.75) is 32.7 Å². The highest BCUT2D eigenvalue weighted by atomic mass is 32.1. The predicted octanol–water partition coefficient (Wildman–Crippen LogP) is 4.26. The first-order chi connectivity index (χ1) is 8.69. The van der Waals surface area contributed by atoms with Crippen LogP contribution in [0.15, 0.2) is 35.7 Å². The maximum Gasteiger partial charge on any atom is 0.0329 e. The second-order valence-corrected chi connectivity index (χ2v) is 5.97. The summed E-state index contributed by atoms with van der Waals surface area (Å²) in [5, 5.41) is 5.69. The highest BCUT2D eigenvalue weighted by Gasteiger charge is 2.10. The van der Waals surface area contributed by atoms with Gasteiger partial charge in [-0.3, -0.25) is 0 Å². The summed E-state index contributed by atoms with van der Waals surface area (Å²) in [6, 6.07) is 11.6. The van der Waals surface area contributed by atoms with E-state index in [1.54, 1.807) is 0 Å². The first-order valence-electron chi connectivity index (χ1n) is 6.47. The van der Waals surface area contributed by atoms with Crippen LogP contribution in [0.1, 0.15) is 34.0 Å². The van der Waals surface area contributed by atoms with Crippen molar-refractivity contribution in [2.24, 2.45) is 0 Å². The van der Waals surface area contributed by atoms with Crippen molar-refractivity contribution in [1.82, 2.24) is 5.32 Å². The first kappa shape index (κ1) is 13.3. The number of hydrogen-bond donors (Lipinski definition) is 1. The highest BCUT2D eigenvalue weighted by molar-refractivity contribution is 7.10. The number of rotatable bonds is 5. The quantitative estimate of drug-likeness (QED) is 0.846. The molecule has 0 saturated carbocycles. The molecule has 2 rings (SSSR count). The van der Waals surface area contributed by atoms with Gasteiger partial charge in [-0.25, -0.2) is 0 Å². The summed E-state index contributed by atoms with van der Waals surface area (Å²) in [6.45, 7) is 4.30. The smallest absolute Gasteiger partial charge is 0.0329 e. The van der Waals surface area contributed by atoms with Crippen LogP contribution in [0.3, 0.4) is 0 Å². The standard InChI is InChI=1S/C16H21NS/c1-12-4-6-14(7-5-12)8-9-16(17-3)15-10-13(2)18-11-15/h4-7,10-11,16-17H,8-9H2,1-3H3. The minimum absolute atomic E-state index is 0.469. The maximum absolute atomic E-state index is 3.42. The SMILES string of the molecule is CNC(CCc1ccc(C)cc1)c1csc(C)c1. The van der Waals surface area contributed by atoms with Crippen molar-refractivity contribution in [1.29, 1.82) is 0 Å². The summed E-state index contributed by atoms with van der Waals surface area (Å²) in [7, 11) is 2.05. The normalized spacial score (nSPS) is 12.6. The fourth-order valence-corrected chi connectivity index (χ4v) is 2.95. The Hall–Kier alpha value is -1.12. The van der Waals surface area contributed by atoms with E-state index >= 15 is 0 Å². The molecule has 0 saturated heterocycles. The lowest BCUT2D eigenvalue weighted by Gasteiger charge is -2.14. The van der Waals surface area contributed by atoms with E-state index in [1.165, 1.54) is 21.6 Å². The third kappa shape index (κ3) is 3.44. The van der Waals surface area contributed by atoms with Crippen molar-refractivity contribution in [3.63, 3.8) is 0 Å². The molecule has 0 fully saturated rings. The van der Waals surface area contributed by atoms with Crippen LogP contribution >= 0.6 is 11.3 Å². The summed E-state index contributed by atoms with van der Waals surface area (Å²) in [5.41, 5.74) is 4.18. The van der Waals surface area contributed by atoms with E-state index < -0.39 is 0 Å². The number of hydrogen-bond acceptors (Lipinski definition) is 2. The molecule has 1 aromatic carbocycles. The van der Waals surface area contributed by atoms with Crippen molar-refractivity contribution in [3.05, 3.63) is 57.3 Å². The lowest BCUT2D eigenvalue weighted by Crippen LogP contribution is -2.16. The minimum atomic E-state index is 0.469. The minimum Gasteiger partial charge on any atom is -0.313 e. The molecule has 1 atom stereocenters. The van der Waals surface area contributed by atoms with Crippen LogP contribution in [-0.4, -0.2) is 7.05 Å². The average molecular weight is 259 g/mol. The van der Waals surface area contributed by atoms with Crippen molar-refractivity contribution in [2.75, 3.05) is 7.05 Å². The molecule has 18 heavy (non-hydrogen) atoms. The van der Waals surface area contributed by atoms with Crippen LogP contribution in [0.25, 0.3) is 0 Å². The zero-order valence-electron chi connectivity index (χ0n) is 11.4. The molecule has 96 valence electrons. The average Bonchev–Trinajstić information content (AvgIpc) is 2.79. The maximum atomic E-state index is 3.42.